The molecule has 1 aliphatic rings. The minimum atomic E-state index is -0.190. The number of hydrogen-bond donors (Lipinski definition) is 1. The number of carbonyl (C=O) groups excluding carboxylic acids is 1. The summed E-state index contributed by atoms with van der Waals surface area (Å²) in [4.78, 5) is 11.9. The molecule has 0 unspecified atom stereocenters. The van der Waals surface area contributed by atoms with Crippen LogP contribution in [-0.4, -0.2) is 32.0 Å². The summed E-state index contributed by atoms with van der Waals surface area (Å²) in [5, 5.41) is 12.4. The minimum absolute atomic E-state index is 0.0368. The lowest BCUT2D eigenvalue weighted by atomic mass is 9.89. The van der Waals surface area contributed by atoms with Crippen molar-refractivity contribution in [2.45, 2.75) is 69.5 Å². The van der Waals surface area contributed by atoms with Crippen LogP contribution in [0.4, 0.5) is 0 Å². The van der Waals surface area contributed by atoms with E-state index in [2.05, 4.69) is 20.1 Å². The Labute approximate surface area is 131 Å². The van der Waals surface area contributed by atoms with Gasteiger partial charge in [0.15, 0.2) is 5.16 Å². The Morgan fingerprint density at radius 3 is 2.57 bits per heavy atom. The smallest absolute Gasteiger partial charge is 0.230 e. The van der Waals surface area contributed by atoms with Crippen LogP contribution in [0.3, 0.4) is 0 Å². The predicted octanol–water partition coefficient (Wildman–Crippen LogP) is 2.87. The van der Waals surface area contributed by atoms with E-state index in [1.54, 1.807) is 0 Å². The van der Waals surface area contributed by atoms with Gasteiger partial charge in [-0.05, 0) is 33.6 Å². The highest BCUT2D eigenvalue weighted by molar-refractivity contribution is 7.99. The first-order chi connectivity index (χ1) is 9.87. The number of rotatable bonds is 4. The molecular formula is C15H26N4OS. The fourth-order valence-corrected chi connectivity index (χ4v) is 3.47. The maximum absolute atomic E-state index is 11.9. The molecule has 1 aliphatic carbocycles. The van der Waals surface area contributed by atoms with Crippen LogP contribution in [0.5, 0.6) is 0 Å². The third kappa shape index (κ3) is 4.73. The molecule has 21 heavy (non-hydrogen) atoms. The van der Waals surface area contributed by atoms with Gasteiger partial charge < -0.3 is 9.88 Å². The van der Waals surface area contributed by atoms with Crippen LogP contribution in [0.25, 0.3) is 0 Å². The number of amides is 1. The van der Waals surface area contributed by atoms with Gasteiger partial charge in [-0.3, -0.25) is 4.79 Å². The van der Waals surface area contributed by atoms with Crippen LogP contribution in [0.2, 0.25) is 0 Å². The minimum Gasteiger partial charge on any atom is -0.351 e. The SMILES string of the molecule is Cn1c(SCC(=O)NC(C)(C)C)nnc1C1CCCCC1. The van der Waals surface area contributed by atoms with E-state index < -0.39 is 0 Å². The topological polar surface area (TPSA) is 59.8 Å². The summed E-state index contributed by atoms with van der Waals surface area (Å²) in [5.74, 6) is 2.03. The van der Waals surface area contributed by atoms with E-state index >= 15 is 0 Å². The molecule has 0 saturated heterocycles. The fourth-order valence-electron chi connectivity index (χ4n) is 2.75. The zero-order valence-electron chi connectivity index (χ0n) is 13.5. The zero-order valence-corrected chi connectivity index (χ0v) is 14.3. The maximum atomic E-state index is 11.9. The summed E-state index contributed by atoms with van der Waals surface area (Å²) in [6, 6.07) is 0. The van der Waals surface area contributed by atoms with Crippen LogP contribution < -0.4 is 5.32 Å². The van der Waals surface area contributed by atoms with Gasteiger partial charge in [0, 0.05) is 18.5 Å². The van der Waals surface area contributed by atoms with Gasteiger partial charge in [0.05, 0.1) is 5.75 Å². The molecule has 0 aliphatic heterocycles. The van der Waals surface area contributed by atoms with Crippen LogP contribution >= 0.6 is 11.8 Å². The molecule has 1 aromatic rings. The van der Waals surface area contributed by atoms with Gasteiger partial charge in [-0.15, -0.1) is 10.2 Å². The second kappa shape index (κ2) is 6.81. The molecule has 0 radical (unpaired) electrons. The lowest BCUT2D eigenvalue weighted by Crippen LogP contribution is -2.41. The monoisotopic (exact) mass is 310 g/mol. The zero-order chi connectivity index (χ0) is 15.5. The summed E-state index contributed by atoms with van der Waals surface area (Å²) in [5.41, 5.74) is -0.190. The van der Waals surface area contributed by atoms with E-state index in [1.165, 1.54) is 43.9 Å². The number of aromatic nitrogens is 3. The van der Waals surface area contributed by atoms with Crippen molar-refractivity contribution in [1.29, 1.82) is 0 Å². The molecule has 6 heteroatoms. The lowest BCUT2D eigenvalue weighted by Gasteiger charge is -2.21. The Morgan fingerprint density at radius 2 is 1.95 bits per heavy atom. The van der Waals surface area contributed by atoms with Crippen LogP contribution in [0.15, 0.2) is 5.16 Å². The van der Waals surface area contributed by atoms with E-state index in [0.717, 1.165) is 11.0 Å². The quantitative estimate of drug-likeness (QED) is 0.869. The van der Waals surface area contributed by atoms with E-state index in [0.29, 0.717) is 11.7 Å². The van der Waals surface area contributed by atoms with Crippen molar-refractivity contribution in [2.75, 3.05) is 5.75 Å². The number of hydrogen-bond acceptors (Lipinski definition) is 4. The van der Waals surface area contributed by atoms with Crippen LogP contribution in [0.1, 0.15) is 64.6 Å². The largest absolute Gasteiger partial charge is 0.351 e. The maximum Gasteiger partial charge on any atom is 0.230 e. The number of thioether (sulfide) groups is 1. The highest BCUT2D eigenvalue weighted by Crippen LogP contribution is 2.32. The molecule has 1 saturated carbocycles. The van der Waals surface area contributed by atoms with Crippen molar-refractivity contribution in [1.82, 2.24) is 20.1 Å². The third-order valence-electron chi connectivity index (χ3n) is 3.69. The average Bonchev–Trinajstić information content (AvgIpc) is 2.77. The molecule has 118 valence electrons. The number of carbonyl (C=O) groups is 1. The number of nitrogens with zero attached hydrogens (tertiary/aromatic N) is 3. The molecule has 1 aromatic heterocycles. The first-order valence-corrected chi connectivity index (χ1v) is 8.68. The van der Waals surface area contributed by atoms with Crippen molar-refractivity contribution in [2.24, 2.45) is 7.05 Å². The summed E-state index contributed by atoms with van der Waals surface area (Å²) in [6.07, 6.45) is 6.33. The predicted molar refractivity (Wildman–Crippen MR) is 85.4 cm³/mol. The third-order valence-corrected chi connectivity index (χ3v) is 4.71. The summed E-state index contributed by atoms with van der Waals surface area (Å²) >= 11 is 1.46. The molecule has 1 N–H and O–H groups in total. The molecule has 1 fully saturated rings. The van der Waals surface area contributed by atoms with Crippen LogP contribution in [-0.2, 0) is 11.8 Å². The highest BCUT2D eigenvalue weighted by Gasteiger charge is 2.22. The Balaban J connectivity index is 1.92. The summed E-state index contributed by atoms with van der Waals surface area (Å²) < 4.78 is 2.06. The molecule has 1 amide bonds. The van der Waals surface area contributed by atoms with Gasteiger partial charge in [0.2, 0.25) is 5.91 Å². The average molecular weight is 310 g/mol. The van der Waals surface area contributed by atoms with Gasteiger partial charge in [-0.2, -0.15) is 0 Å². The summed E-state index contributed by atoms with van der Waals surface area (Å²) in [7, 11) is 2.01. The van der Waals surface area contributed by atoms with Crippen molar-refractivity contribution < 1.29 is 4.79 Å². The summed E-state index contributed by atoms with van der Waals surface area (Å²) in [6.45, 7) is 5.96. The van der Waals surface area contributed by atoms with Gasteiger partial charge in [0.25, 0.3) is 0 Å². The van der Waals surface area contributed by atoms with E-state index in [-0.39, 0.29) is 11.4 Å². The molecule has 0 bridgehead atoms. The molecule has 0 atom stereocenters. The lowest BCUT2D eigenvalue weighted by molar-refractivity contribution is -0.119. The van der Waals surface area contributed by atoms with Gasteiger partial charge in [-0.1, -0.05) is 31.0 Å². The van der Waals surface area contributed by atoms with Crippen molar-refractivity contribution in [3.8, 4) is 0 Å². The van der Waals surface area contributed by atoms with Gasteiger partial charge in [-0.25, -0.2) is 0 Å². The number of nitrogens with one attached hydrogen (secondary N) is 1. The van der Waals surface area contributed by atoms with E-state index in [1.807, 2.05) is 27.8 Å². The van der Waals surface area contributed by atoms with Crippen molar-refractivity contribution >= 4 is 17.7 Å². The molecular weight excluding hydrogens is 284 g/mol. The standard InChI is InChI=1S/C15H26N4OS/c1-15(2,3)16-12(20)10-21-14-18-17-13(19(14)4)11-8-6-5-7-9-11/h11H,5-10H2,1-4H3,(H,16,20). The highest BCUT2D eigenvalue weighted by atomic mass is 32.2. The Hall–Kier alpha value is -1.04. The molecule has 1 heterocycles. The molecule has 5 nitrogen and oxygen atoms in total. The van der Waals surface area contributed by atoms with E-state index in [4.69, 9.17) is 0 Å². The van der Waals surface area contributed by atoms with Gasteiger partial charge >= 0.3 is 0 Å². The Kier molecular flexibility index (Phi) is 5.30. The molecule has 2 rings (SSSR count). The van der Waals surface area contributed by atoms with Crippen molar-refractivity contribution in [3.05, 3.63) is 5.82 Å². The first-order valence-electron chi connectivity index (χ1n) is 7.70. The normalized spacial score (nSPS) is 17.0. The second-order valence-corrected chi connectivity index (χ2v) is 7.76. The van der Waals surface area contributed by atoms with E-state index in [9.17, 15) is 4.79 Å². The van der Waals surface area contributed by atoms with Crippen molar-refractivity contribution in [3.63, 3.8) is 0 Å². The Bertz CT molecular complexity index is 486. The van der Waals surface area contributed by atoms with Gasteiger partial charge in [0.1, 0.15) is 5.82 Å². The molecule has 0 aromatic carbocycles. The molecule has 0 spiro atoms. The second-order valence-electron chi connectivity index (χ2n) is 6.82. The fraction of sp³-hybridized carbons (Fsp3) is 0.800. The first kappa shape index (κ1) is 16.3. The van der Waals surface area contributed by atoms with Crippen LogP contribution in [0, 0.1) is 0 Å². The Morgan fingerprint density at radius 1 is 1.29 bits per heavy atom.